The van der Waals surface area contributed by atoms with E-state index >= 15 is 0 Å². The van der Waals surface area contributed by atoms with Crippen LogP contribution >= 0.6 is 11.8 Å². The molecule has 0 bridgehead atoms. The average Bonchev–Trinajstić information content (AvgIpc) is 2.06. The standard InChI is InChI=1S/C11H20S/c1-10(9-12-3)11(2)7-5-4-6-8-11/h1,4-9H2,2-3H3. The summed E-state index contributed by atoms with van der Waals surface area (Å²) in [6.45, 7) is 6.61. The predicted octanol–water partition coefficient (Wildman–Crippen LogP) is 3.88. The van der Waals surface area contributed by atoms with Crippen molar-refractivity contribution in [2.24, 2.45) is 5.41 Å². The first-order valence-electron chi connectivity index (χ1n) is 4.86. The SMILES string of the molecule is C=C(CSC)C1(C)CCCCC1. The van der Waals surface area contributed by atoms with Gasteiger partial charge in [-0.15, -0.1) is 0 Å². The van der Waals surface area contributed by atoms with Crippen molar-refractivity contribution in [3.8, 4) is 0 Å². The van der Waals surface area contributed by atoms with Gasteiger partial charge in [0.1, 0.15) is 0 Å². The van der Waals surface area contributed by atoms with Gasteiger partial charge in [0.15, 0.2) is 0 Å². The van der Waals surface area contributed by atoms with E-state index in [0.717, 1.165) is 5.75 Å². The van der Waals surface area contributed by atoms with Crippen LogP contribution < -0.4 is 0 Å². The van der Waals surface area contributed by atoms with Crippen LogP contribution in [0.4, 0.5) is 0 Å². The highest BCUT2D eigenvalue weighted by Crippen LogP contribution is 2.41. The lowest BCUT2D eigenvalue weighted by molar-refractivity contribution is 0.269. The molecule has 0 heterocycles. The quantitative estimate of drug-likeness (QED) is 0.600. The summed E-state index contributed by atoms with van der Waals surface area (Å²) in [5.41, 5.74) is 1.94. The molecule has 0 N–H and O–H groups in total. The molecule has 0 nitrogen and oxygen atoms in total. The second kappa shape index (κ2) is 4.36. The maximum Gasteiger partial charge on any atom is 0.0143 e. The Morgan fingerprint density at radius 2 is 1.92 bits per heavy atom. The molecule has 0 saturated heterocycles. The van der Waals surface area contributed by atoms with Crippen LogP contribution in [0.15, 0.2) is 12.2 Å². The Morgan fingerprint density at radius 3 is 2.42 bits per heavy atom. The normalized spacial score (nSPS) is 22.2. The van der Waals surface area contributed by atoms with Gasteiger partial charge in [-0.05, 0) is 24.5 Å². The minimum Gasteiger partial charge on any atom is -0.161 e. The number of hydrogen-bond acceptors (Lipinski definition) is 1. The lowest BCUT2D eigenvalue weighted by Gasteiger charge is -2.35. The summed E-state index contributed by atoms with van der Waals surface area (Å²) >= 11 is 1.90. The third-order valence-corrected chi connectivity index (χ3v) is 3.77. The van der Waals surface area contributed by atoms with Gasteiger partial charge < -0.3 is 0 Å². The largest absolute Gasteiger partial charge is 0.161 e. The van der Waals surface area contributed by atoms with Gasteiger partial charge in [-0.3, -0.25) is 0 Å². The van der Waals surface area contributed by atoms with Gasteiger partial charge in [-0.2, -0.15) is 11.8 Å². The Morgan fingerprint density at radius 1 is 1.33 bits per heavy atom. The lowest BCUT2D eigenvalue weighted by Crippen LogP contribution is -2.23. The minimum absolute atomic E-state index is 0.473. The highest BCUT2D eigenvalue weighted by Gasteiger charge is 2.28. The Kier molecular flexibility index (Phi) is 3.70. The van der Waals surface area contributed by atoms with Crippen molar-refractivity contribution >= 4 is 11.8 Å². The Hall–Kier alpha value is 0.0900. The van der Waals surface area contributed by atoms with E-state index in [1.165, 1.54) is 37.7 Å². The first-order valence-corrected chi connectivity index (χ1v) is 6.25. The van der Waals surface area contributed by atoms with Crippen molar-refractivity contribution in [3.05, 3.63) is 12.2 Å². The fourth-order valence-electron chi connectivity index (χ4n) is 2.03. The van der Waals surface area contributed by atoms with Crippen LogP contribution in [-0.4, -0.2) is 12.0 Å². The number of thioether (sulfide) groups is 1. The van der Waals surface area contributed by atoms with E-state index in [1.54, 1.807) is 0 Å². The fraction of sp³-hybridized carbons (Fsp3) is 0.818. The molecule has 1 aliphatic rings. The van der Waals surface area contributed by atoms with E-state index in [1.807, 2.05) is 11.8 Å². The van der Waals surface area contributed by atoms with Gasteiger partial charge in [0.2, 0.25) is 0 Å². The molecule has 0 amide bonds. The zero-order valence-corrected chi connectivity index (χ0v) is 9.17. The van der Waals surface area contributed by atoms with Crippen LogP contribution in [0, 0.1) is 5.41 Å². The van der Waals surface area contributed by atoms with Crippen molar-refractivity contribution in [2.75, 3.05) is 12.0 Å². The van der Waals surface area contributed by atoms with Crippen LogP contribution in [-0.2, 0) is 0 Å². The first-order chi connectivity index (χ1) is 5.69. The molecule has 0 aromatic rings. The Balaban J connectivity index is 2.50. The molecule has 1 saturated carbocycles. The smallest absolute Gasteiger partial charge is 0.0143 e. The zero-order valence-electron chi connectivity index (χ0n) is 8.36. The molecule has 1 fully saturated rings. The molecule has 0 aromatic carbocycles. The van der Waals surface area contributed by atoms with Crippen molar-refractivity contribution in [1.82, 2.24) is 0 Å². The molecule has 1 heteroatoms. The molecule has 0 spiro atoms. The van der Waals surface area contributed by atoms with Crippen LogP contribution in [0.3, 0.4) is 0 Å². The lowest BCUT2D eigenvalue weighted by atomic mass is 9.71. The maximum absolute atomic E-state index is 4.22. The third-order valence-electron chi connectivity index (χ3n) is 3.13. The van der Waals surface area contributed by atoms with Crippen molar-refractivity contribution in [2.45, 2.75) is 39.0 Å². The summed E-state index contributed by atoms with van der Waals surface area (Å²) in [6, 6.07) is 0. The Bertz CT molecular complexity index is 154. The fourth-order valence-corrected chi connectivity index (χ4v) is 2.73. The van der Waals surface area contributed by atoms with E-state index in [9.17, 15) is 0 Å². The average molecular weight is 184 g/mol. The molecule has 0 atom stereocenters. The zero-order chi connectivity index (χ0) is 9.03. The molecule has 0 unspecified atom stereocenters. The molecule has 1 aliphatic carbocycles. The van der Waals surface area contributed by atoms with E-state index < -0.39 is 0 Å². The monoisotopic (exact) mass is 184 g/mol. The number of rotatable bonds is 3. The second-order valence-corrected chi connectivity index (χ2v) is 5.02. The van der Waals surface area contributed by atoms with E-state index in [2.05, 4.69) is 19.8 Å². The van der Waals surface area contributed by atoms with Gasteiger partial charge in [-0.25, -0.2) is 0 Å². The van der Waals surface area contributed by atoms with E-state index in [0.29, 0.717) is 5.41 Å². The summed E-state index contributed by atoms with van der Waals surface area (Å²) in [6.07, 6.45) is 9.14. The topological polar surface area (TPSA) is 0 Å². The molecule has 1 rings (SSSR count). The molecular formula is C11H20S. The van der Waals surface area contributed by atoms with Gasteiger partial charge in [0.25, 0.3) is 0 Å². The first kappa shape index (κ1) is 10.2. The van der Waals surface area contributed by atoms with Crippen LogP contribution in [0.25, 0.3) is 0 Å². The summed E-state index contributed by atoms with van der Waals surface area (Å²) in [7, 11) is 0. The van der Waals surface area contributed by atoms with Crippen LogP contribution in [0.2, 0.25) is 0 Å². The second-order valence-electron chi connectivity index (χ2n) is 4.16. The Labute approximate surface area is 80.8 Å². The molecule has 0 aliphatic heterocycles. The van der Waals surface area contributed by atoms with E-state index in [4.69, 9.17) is 0 Å². The van der Waals surface area contributed by atoms with Gasteiger partial charge >= 0.3 is 0 Å². The van der Waals surface area contributed by atoms with E-state index in [-0.39, 0.29) is 0 Å². The molecule has 12 heavy (non-hydrogen) atoms. The number of hydrogen-bond donors (Lipinski definition) is 0. The van der Waals surface area contributed by atoms with Crippen LogP contribution in [0.5, 0.6) is 0 Å². The maximum atomic E-state index is 4.22. The van der Waals surface area contributed by atoms with Gasteiger partial charge in [0.05, 0.1) is 0 Å². The molecule has 70 valence electrons. The highest BCUT2D eigenvalue weighted by atomic mass is 32.2. The molecule has 0 aromatic heterocycles. The molecule has 0 radical (unpaired) electrons. The van der Waals surface area contributed by atoms with Crippen molar-refractivity contribution in [1.29, 1.82) is 0 Å². The third kappa shape index (κ3) is 2.29. The van der Waals surface area contributed by atoms with Gasteiger partial charge in [0, 0.05) is 5.75 Å². The summed E-state index contributed by atoms with van der Waals surface area (Å²) in [4.78, 5) is 0. The van der Waals surface area contributed by atoms with Crippen molar-refractivity contribution in [3.63, 3.8) is 0 Å². The summed E-state index contributed by atoms with van der Waals surface area (Å²) in [5, 5.41) is 0. The van der Waals surface area contributed by atoms with Crippen LogP contribution in [0.1, 0.15) is 39.0 Å². The minimum atomic E-state index is 0.473. The highest BCUT2D eigenvalue weighted by molar-refractivity contribution is 7.98. The van der Waals surface area contributed by atoms with Crippen molar-refractivity contribution < 1.29 is 0 Å². The summed E-state index contributed by atoms with van der Waals surface area (Å²) < 4.78 is 0. The predicted molar refractivity (Wildman–Crippen MR) is 58.7 cm³/mol. The molecular weight excluding hydrogens is 164 g/mol. The van der Waals surface area contributed by atoms with Gasteiger partial charge in [-0.1, -0.05) is 38.3 Å². The summed E-state index contributed by atoms with van der Waals surface area (Å²) in [5.74, 6) is 1.15.